The Kier molecular flexibility index (Phi) is 4.35. The second-order valence-corrected chi connectivity index (χ2v) is 4.34. The molecule has 82 valence electrons. The highest BCUT2D eigenvalue weighted by molar-refractivity contribution is 5.77. The quantitative estimate of drug-likeness (QED) is 0.589. The Labute approximate surface area is 85.6 Å². The average molecular weight is 199 g/mol. The van der Waals surface area contributed by atoms with Crippen molar-refractivity contribution in [2.75, 3.05) is 13.1 Å². The second-order valence-electron chi connectivity index (χ2n) is 4.34. The first-order valence-corrected chi connectivity index (χ1v) is 5.36. The van der Waals surface area contributed by atoms with Gasteiger partial charge in [-0.05, 0) is 12.8 Å². The van der Waals surface area contributed by atoms with E-state index in [0.29, 0.717) is 12.1 Å². The van der Waals surface area contributed by atoms with Crippen molar-refractivity contribution < 1.29 is 4.79 Å². The first-order valence-electron chi connectivity index (χ1n) is 5.36. The zero-order valence-corrected chi connectivity index (χ0v) is 9.05. The molecule has 4 heteroatoms. The van der Waals surface area contributed by atoms with E-state index in [4.69, 9.17) is 5.73 Å². The molecule has 4 N–H and O–H groups in total. The minimum atomic E-state index is 0.0776. The summed E-state index contributed by atoms with van der Waals surface area (Å²) in [5, 5.41) is 6.24. The summed E-state index contributed by atoms with van der Waals surface area (Å²) < 4.78 is 0. The minimum Gasteiger partial charge on any atom is -0.356 e. The Hall–Kier alpha value is -0.610. The average Bonchev–Trinajstić information content (AvgIpc) is 2.51. The van der Waals surface area contributed by atoms with Crippen LogP contribution in [0.3, 0.4) is 0 Å². The Morgan fingerprint density at radius 1 is 1.64 bits per heavy atom. The molecule has 1 amide bonds. The van der Waals surface area contributed by atoms with Crippen LogP contribution in [-0.2, 0) is 4.79 Å². The van der Waals surface area contributed by atoms with Gasteiger partial charge in [0.1, 0.15) is 0 Å². The SMILES string of the molecule is CC(C)C(=O)NCC[C@@H]1C[C@H](N)CN1. The molecule has 0 radical (unpaired) electrons. The van der Waals surface area contributed by atoms with Crippen LogP contribution in [0.5, 0.6) is 0 Å². The fraction of sp³-hybridized carbons (Fsp3) is 0.900. The van der Waals surface area contributed by atoms with E-state index in [-0.39, 0.29) is 11.8 Å². The predicted octanol–water partition coefficient (Wildman–Crippen LogP) is -0.162. The Morgan fingerprint density at radius 3 is 2.86 bits per heavy atom. The maximum Gasteiger partial charge on any atom is 0.222 e. The first-order chi connectivity index (χ1) is 6.59. The molecule has 2 atom stereocenters. The van der Waals surface area contributed by atoms with Crippen molar-refractivity contribution in [1.29, 1.82) is 0 Å². The number of rotatable bonds is 4. The van der Waals surface area contributed by atoms with Gasteiger partial charge < -0.3 is 16.4 Å². The largest absolute Gasteiger partial charge is 0.356 e. The fourth-order valence-corrected chi connectivity index (χ4v) is 1.64. The number of amides is 1. The highest BCUT2D eigenvalue weighted by Gasteiger charge is 2.20. The normalized spacial score (nSPS) is 26.9. The van der Waals surface area contributed by atoms with Crippen LogP contribution in [-0.4, -0.2) is 31.1 Å². The molecule has 0 bridgehead atoms. The zero-order valence-electron chi connectivity index (χ0n) is 9.05. The molecule has 0 aromatic rings. The van der Waals surface area contributed by atoms with E-state index in [9.17, 15) is 4.79 Å². The highest BCUT2D eigenvalue weighted by atomic mass is 16.1. The van der Waals surface area contributed by atoms with E-state index in [2.05, 4.69) is 10.6 Å². The summed E-state index contributed by atoms with van der Waals surface area (Å²) in [6, 6.07) is 0.776. The smallest absolute Gasteiger partial charge is 0.222 e. The van der Waals surface area contributed by atoms with Gasteiger partial charge in [-0.2, -0.15) is 0 Å². The van der Waals surface area contributed by atoms with Crippen molar-refractivity contribution in [2.45, 2.75) is 38.8 Å². The summed E-state index contributed by atoms with van der Waals surface area (Å²) >= 11 is 0. The topological polar surface area (TPSA) is 67.2 Å². The Bertz CT molecular complexity index is 194. The van der Waals surface area contributed by atoms with Crippen LogP contribution in [0.25, 0.3) is 0 Å². The van der Waals surface area contributed by atoms with Crippen LogP contribution in [0, 0.1) is 5.92 Å². The summed E-state index contributed by atoms with van der Waals surface area (Å²) in [6.45, 7) is 5.46. The van der Waals surface area contributed by atoms with Crippen molar-refractivity contribution in [3.8, 4) is 0 Å². The molecular weight excluding hydrogens is 178 g/mol. The van der Waals surface area contributed by atoms with Crippen LogP contribution in [0.1, 0.15) is 26.7 Å². The summed E-state index contributed by atoms with van der Waals surface area (Å²) in [5.74, 6) is 0.209. The molecule has 1 fully saturated rings. The van der Waals surface area contributed by atoms with E-state index in [1.165, 1.54) is 0 Å². The standard InChI is InChI=1S/C10H21N3O/c1-7(2)10(14)12-4-3-9-5-8(11)6-13-9/h7-9,13H,3-6,11H2,1-2H3,(H,12,14)/t8-,9+/m0/s1. The monoisotopic (exact) mass is 199 g/mol. The lowest BCUT2D eigenvalue weighted by Gasteiger charge is -2.11. The van der Waals surface area contributed by atoms with Crippen LogP contribution < -0.4 is 16.4 Å². The predicted molar refractivity (Wildman–Crippen MR) is 56.8 cm³/mol. The van der Waals surface area contributed by atoms with Crippen LogP contribution >= 0.6 is 0 Å². The number of carbonyl (C=O) groups excluding carboxylic acids is 1. The maximum absolute atomic E-state index is 11.2. The van der Waals surface area contributed by atoms with E-state index >= 15 is 0 Å². The number of hydrogen-bond acceptors (Lipinski definition) is 3. The molecule has 1 rings (SSSR count). The van der Waals surface area contributed by atoms with Crippen molar-refractivity contribution >= 4 is 5.91 Å². The van der Waals surface area contributed by atoms with E-state index < -0.39 is 0 Å². The van der Waals surface area contributed by atoms with Gasteiger partial charge in [0, 0.05) is 31.1 Å². The summed E-state index contributed by atoms with van der Waals surface area (Å²) in [4.78, 5) is 11.2. The maximum atomic E-state index is 11.2. The third kappa shape index (κ3) is 3.64. The molecule has 0 aliphatic carbocycles. The van der Waals surface area contributed by atoms with Crippen molar-refractivity contribution in [1.82, 2.24) is 10.6 Å². The summed E-state index contributed by atoms with van der Waals surface area (Å²) in [6.07, 6.45) is 2.00. The molecule has 4 nitrogen and oxygen atoms in total. The van der Waals surface area contributed by atoms with E-state index in [1.807, 2.05) is 13.8 Å². The highest BCUT2D eigenvalue weighted by Crippen LogP contribution is 2.07. The van der Waals surface area contributed by atoms with Crippen molar-refractivity contribution in [2.24, 2.45) is 11.7 Å². The molecule has 0 saturated carbocycles. The second kappa shape index (κ2) is 5.32. The van der Waals surface area contributed by atoms with Gasteiger partial charge in [-0.15, -0.1) is 0 Å². The van der Waals surface area contributed by atoms with Gasteiger partial charge in [-0.3, -0.25) is 4.79 Å². The first kappa shape index (κ1) is 11.5. The van der Waals surface area contributed by atoms with E-state index in [0.717, 1.165) is 25.9 Å². The number of nitrogens with two attached hydrogens (primary N) is 1. The molecule has 14 heavy (non-hydrogen) atoms. The van der Waals surface area contributed by atoms with Gasteiger partial charge in [-0.25, -0.2) is 0 Å². The summed E-state index contributed by atoms with van der Waals surface area (Å²) in [5.41, 5.74) is 5.76. The number of hydrogen-bond donors (Lipinski definition) is 3. The molecule has 1 aliphatic rings. The van der Waals surface area contributed by atoms with E-state index in [1.54, 1.807) is 0 Å². The molecule has 0 aromatic carbocycles. The fourth-order valence-electron chi connectivity index (χ4n) is 1.64. The lowest BCUT2D eigenvalue weighted by Crippen LogP contribution is -2.32. The molecular formula is C10H21N3O. The molecule has 1 aliphatic heterocycles. The third-order valence-corrected chi connectivity index (χ3v) is 2.57. The summed E-state index contributed by atoms with van der Waals surface area (Å²) in [7, 11) is 0. The van der Waals surface area contributed by atoms with Gasteiger partial charge >= 0.3 is 0 Å². The minimum absolute atomic E-state index is 0.0776. The molecule has 0 unspecified atom stereocenters. The van der Waals surface area contributed by atoms with Gasteiger partial charge in [0.15, 0.2) is 0 Å². The van der Waals surface area contributed by atoms with Gasteiger partial charge in [0.2, 0.25) is 5.91 Å². The van der Waals surface area contributed by atoms with Crippen LogP contribution in [0.15, 0.2) is 0 Å². The number of carbonyl (C=O) groups is 1. The van der Waals surface area contributed by atoms with Crippen molar-refractivity contribution in [3.63, 3.8) is 0 Å². The van der Waals surface area contributed by atoms with Crippen LogP contribution in [0.2, 0.25) is 0 Å². The van der Waals surface area contributed by atoms with Crippen molar-refractivity contribution in [3.05, 3.63) is 0 Å². The zero-order chi connectivity index (χ0) is 10.6. The third-order valence-electron chi connectivity index (χ3n) is 2.57. The Morgan fingerprint density at radius 2 is 2.36 bits per heavy atom. The molecule has 0 aromatic heterocycles. The molecule has 1 saturated heterocycles. The van der Waals surface area contributed by atoms with Gasteiger partial charge in [0.25, 0.3) is 0 Å². The van der Waals surface area contributed by atoms with Gasteiger partial charge in [-0.1, -0.05) is 13.8 Å². The molecule has 0 spiro atoms. The lowest BCUT2D eigenvalue weighted by atomic mass is 10.1. The lowest BCUT2D eigenvalue weighted by molar-refractivity contribution is -0.123. The molecule has 1 heterocycles. The van der Waals surface area contributed by atoms with Crippen LogP contribution in [0.4, 0.5) is 0 Å². The Balaban J connectivity index is 2.07. The van der Waals surface area contributed by atoms with Gasteiger partial charge in [0.05, 0.1) is 0 Å². The number of nitrogens with one attached hydrogen (secondary N) is 2.